The van der Waals surface area contributed by atoms with E-state index in [1.54, 1.807) is 0 Å². The molecule has 296 valence electrons. The van der Waals surface area contributed by atoms with Crippen molar-refractivity contribution in [1.29, 1.82) is 0 Å². The molecule has 0 bridgehead atoms. The van der Waals surface area contributed by atoms with Crippen LogP contribution in [0.5, 0.6) is 0 Å². The fourth-order valence-corrected chi connectivity index (χ4v) is 6.44. The lowest BCUT2D eigenvalue weighted by atomic mass is 10.1. The largest absolute Gasteiger partial charge is 0.444 e. The number of alkyl carbamates (subject to hydrolysis) is 3. The molecule has 4 rings (SSSR count). The molecule has 0 aliphatic heterocycles. The smallest absolute Gasteiger partial charge is 0.407 e. The fraction of sp³-hybridized carbons (Fsp3) is 0.921. The Morgan fingerprint density at radius 3 is 1.02 bits per heavy atom. The zero-order chi connectivity index (χ0) is 37.6. The summed E-state index contributed by atoms with van der Waals surface area (Å²) in [5.41, 5.74) is 4.38. The first-order valence-electron chi connectivity index (χ1n) is 18.8. The minimum atomic E-state index is -0.457. The number of nitrogens with one attached hydrogen (secondary N) is 3. The number of hydrogen-bond acceptors (Lipinski definition) is 8. The predicted octanol–water partition coefficient (Wildman–Crippen LogP) is 8.38. The van der Waals surface area contributed by atoms with Gasteiger partial charge in [-0.05, 0) is 157 Å². The summed E-state index contributed by atoms with van der Waals surface area (Å²) in [6, 6.07) is 1.23. The van der Waals surface area contributed by atoms with E-state index in [9.17, 15) is 19.5 Å². The standard InChI is InChI=1S/2C11H21NO2.C10H19NO3.C6H13N.ClH/c2*1-8-5-6-9(7-8)12-10(13)14-11(2,3)4;1-10(2,3)14-9(13)11-7-4-5-8(12)6-7;1-5-2-3-6(7)4-5;/h2*8-9H,5-7H2,1-4H3,(H,12,13);7-8,12H,4-6H2,1-3H3,(H,11,13);5-6H,2-4,7H2,1H3;1H. The van der Waals surface area contributed by atoms with Gasteiger partial charge in [-0.25, -0.2) is 14.4 Å². The molecular formula is C38H75ClN4O7. The average molecular weight is 735 g/mol. The maximum absolute atomic E-state index is 11.4. The first kappa shape index (κ1) is 48.0. The van der Waals surface area contributed by atoms with Crippen LogP contribution in [0.1, 0.15) is 160 Å². The highest BCUT2D eigenvalue weighted by Gasteiger charge is 2.27. The first-order chi connectivity index (χ1) is 22.4. The van der Waals surface area contributed by atoms with Gasteiger partial charge < -0.3 is 41.0 Å². The molecule has 0 spiro atoms. The third-order valence-corrected chi connectivity index (χ3v) is 8.69. The first-order valence-corrected chi connectivity index (χ1v) is 18.8. The lowest BCUT2D eigenvalue weighted by molar-refractivity contribution is 0.0490. The molecule has 0 aromatic carbocycles. The lowest BCUT2D eigenvalue weighted by Gasteiger charge is -2.21. The summed E-state index contributed by atoms with van der Waals surface area (Å²) >= 11 is 0. The molecular weight excluding hydrogens is 660 g/mol. The maximum atomic E-state index is 11.4. The monoisotopic (exact) mass is 735 g/mol. The molecule has 4 saturated carbocycles. The summed E-state index contributed by atoms with van der Waals surface area (Å²) in [5.74, 6) is 2.36. The van der Waals surface area contributed by atoms with Crippen molar-refractivity contribution < 1.29 is 33.7 Å². The van der Waals surface area contributed by atoms with Crippen molar-refractivity contribution in [2.45, 2.75) is 207 Å². The van der Waals surface area contributed by atoms with Crippen LogP contribution in [-0.2, 0) is 14.2 Å². The Morgan fingerprint density at radius 1 is 0.520 bits per heavy atom. The van der Waals surface area contributed by atoms with Gasteiger partial charge in [0, 0.05) is 24.2 Å². The molecule has 0 radical (unpaired) electrons. The van der Waals surface area contributed by atoms with Crippen LogP contribution in [0.3, 0.4) is 0 Å². The van der Waals surface area contributed by atoms with Crippen molar-refractivity contribution in [3.63, 3.8) is 0 Å². The van der Waals surface area contributed by atoms with Gasteiger partial charge in [0.2, 0.25) is 0 Å². The summed E-state index contributed by atoms with van der Waals surface area (Å²) in [4.78, 5) is 34.1. The molecule has 3 amide bonds. The van der Waals surface area contributed by atoms with Gasteiger partial charge in [0.25, 0.3) is 0 Å². The number of nitrogens with two attached hydrogens (primary N) is 1. The zero-order valence-electron chi connectivity index (χ0n) is 33.5. The van der Waals surface area contributed by atoms with Crippen LogP contribution in [0.2, 0.25) is 0 Å². The predicted molar refractivity (Wildman–Crippen MR) is 204 cm³/mol. The van der Waals surface area contributed by atoms with E-state index in [4.69, 9.17) is 19.9 Å². The van der Waals surface area contributed by atoms with Crippen LogP contribution in [0.4, 0.5) is 14.4 Å². The maximum Gasteiger partial charge on any atom is 0.407 e. The van der Waals surface area contributed by atoms with Crippen molar-refractivity contribution in [3.05, 3.63) is 0 Å². The van der Waals surface area contributed by atoms with E-state index in [1.807, 2.05) is 62.3 Å². The van der Waals surface area contributed by atoms with Gasteiger partial charge in [0.05, 0.1) is 6.10 Å². The molecule has 8 atom stereocenters. The number of ether oxygens (including phenoxy) is 3. The third-order valence-electron chi connectivity index (χ3n) is 8.69. The van der Waals surface area contributed by atoms with Crippen LogP contribution in [-0.4, -0.2) is 70.5 Å². The van der Waals surface area contributed by atoms with E-state index in [1.165, 1.54) is 32.1 Å². The molecule has 0 heterocycles. The third kappa shape index (κ3) is 25.1. The Balaban J connectivity index is 0.000000651. The minimum absolute atomic E-state index is 0. The average Bonchev–Trinajstić information content (AvgIpc) is 3.68. The molecule has 50 heavy (non-hydrogen) atoms. The molecule has 12 heteroatoms. The van der Waals surface area contributed by atoms with E-state index in [2.05, 4.69) is 36.7 Å². The van der Waals surface area contributed by atoms with Gasteiger partial charge in [-0.2, -0.15) is 0 Å². The van der Waals surface area contributed by atoms with Crippen LogP contribution in [0.15, 0.2) is 0 Å². The van der Waals surface area contributed by atoms with Gasteiger partial charge in [0.15, 0.2) is 0 Å². The number of rotatable bonds is 3. The van der Waals surface area contributed by atoms with Crippen LogP contribution in [0, 0.1) is 17.8 Å². The van der Waals surface area contributed by atoms with Gasteiger partial charge in [0.1, 0.15) is 16.8 Å². The topological polar surface area (TPSA) is 161 Å². The van der Waals surface area contributed by atoms with Crippen LogP contribution >= 0.6 is 12.4 Å². The second-order valence-electron chi connectivity index (χ2n) is 18.0. The quantitative estimate of drug-likeness (QED) is 0.181. The number of aliphatic hydroxyl groups excluding tert-OH is 1. The van der Waals surface area contributed by atoms with Crippen molar-refractivity contribution >= 4 is 30.7 Å². The molecule has 4 aliphatic carbocycles. The van der Waals surface area contributed by atoms with Gasteiger partial charge in [-0.15, -0.1) is 12.4 Å². The number of amides is 3. The van der Waals surface area contributed by atoms with E-state index in [0.29, 0.717) is 24.5 Å². The molecule has 4 fully saturated rings. The Morgan fingerprint density at radius 2 is 0.820 bits per heavy atom. The molecule has 0 aromatic rings. The highest BCUT2D eigenvalue weighted by atomic mass is 35.5. The molecule has 6 N–H and O–H groups in total. The van der Waals surface area contributed by atoms with E-state index >= 15 is 0 Å². The Labute approximate surface area is 310 Å². The van der Waals surface area contributed by atoms with Gasteiger partial charge >= 0.3 is 18.3 Å². The number of halogens is 1. The fourth-order valence-electron chi connectivity index (χ4n) is 6.44. The number of aliphatic hydroxyl groups is 1. The van der Waals surface area contributed by atoms with Crippen molar-refractivity contribution in [1.82, 2.24) is 16.0 Å². The molecule has 11 nitrogen and oxygen atoms in total. The summed E-state index contributed by atoms with van der Waals surface area (Å²) in [7, 11) is 0. The number of carbonyl (C=O) groups is 3. The van der Waals surface area contributed by atoms with E-state index in [0.717, 1.165) is 56.3 Å². The molecule has 0 saturated heterocycles. The molecule has 8 unspecified atom stereocenters. The van der Waals surface area contributed by atoms with Crippen LogP contribution < -0.4 is 21.7 Å². The summed E-state index contributed by atoms with van der Waals surface area (Å²) in [6.07, 6.45) is 11.6. The van der Waals surface area contributed by atoms with Crippen molar-refractivity contribution in [2.24, 2.45) is 23.5 Å². The summed E-state index contributed by atoms with van der Waals surface area (Å²) in [5, 5.41) is 17.8. The normalized spacial score (nSPS) is 28.9. The zero-order valence-corrected chi connectivity index (χ0v) is 34.3. The second kappa shape index (κ2) is 22.2. The van der Waals surface area contributed by atoms with Crippen LogP contribution in [0.25, 0.3) is 0 Å². The Bertz CT molecular complexity index is 878. The summed E-state index contributed by atoms with van der Waals surface area (Å²) < 4.78 is 15.5. The lowest BCUT2D eigenvalue weighted by Crippen LogP contribution is -2.38. The Kier molecular flexibility index (Phi) is 21.3. The highest BCUT2D eigenvalue weighted by Crippen LogP contribution is 2.26. The molecule has 4 aliphatic rings. The number of carbonyl (C=O) groups excluding carboxylic acids is 3. The van der Waals surface area contributed by atoms with E-state index < -0.39 is 22.9 Å². The summed E-state index contributed by atoms with van der Waals surface area (Å²) in [6.45, 7) is 23.5. The van der Waals surface area contributed by atoms with E-state index in [-0.39, 0.29) is 36.7 Å². The SMILES string of the molecule is CC(C)(C)OC(=O)NC1CCC(O)C1.CC1CCC(N)C1.CC1CCC(NC(=O)OC(C)(C)C)C1.CC1CCC(NC(=O)OC(C)(C)C)C1.Cl. The van der Waals surface area contributed by atoms with Crippen molar-refractivity contribution in [2.75, 3.05) is 0 Å². The highest BCUT2D eigenvalue weighted by molar-refractivity contribution is 5.85. The molecule has 0 aromatic heterocycles. The van der Waals surface area contributed by atoms with Gasteiger partial charge in [-0.3, -0.25) is 0 Å². The minimum Gasteiger partial charge on any atom is -0.444 e. The van der Waals surface area contributed by atoms with Crippen molar-refractivity contribution in [3.8, 4) is 0 Å². The number of hydrogen-bond donors (Lipinski definition) is 5. The van der Waals surface area contributed by atoms with Gasteiger partial charge in [-0.1, -0.05) is 20.8 Å². The Hall–Kier alpha value is -1.98. The second-order valence-corrected chi connectivity index (χ2v) is 18.0.